The van der Waals surface area contributed by atoms with Crippen molar-refractivity contribution >= 4 is 15.9 Å². The molecule has 0 aromatic heterocycles. The molecule has 0 atom stereocenters. The maximum atomic E-state index is 12.0. The van der Waals surface area contributed by atoms with E-state index in [0.717, 1.165) is 17.3 Å². The summed E-state index contributed by atoms with van der Waals surface area (Å²) >= 11 is 3.51. The summed E-state index contributed by atoms with van der Waals surface area (Å²) in [5, 5.41) is 2.87. The SMILES string of the molecule is FC(F)CNC1CC(c2ccccc2Br)C1. The second-order valence-electron chi connectivity index (χ2n) is 4.19. The lowest BCUT2D eigenvalue weighted by Crippen LogP contribution is -2.42. The first-order valence-electron chi connectivity index (χ1n) is 5.42. The Balaban J connectivity index is 1.82. The minimum atomic E-state index is -2.25. The third-order valence-corrected chi connectivity index (χ3v) is 3.77. The topological polar surface area (TPSA) is 12.0 Å². The lowest BCUT2D eigenvalue weighted by atomic mass is 9.76. The van der Waals surface area contributed by atoms with Crippen LogP contribution in [0.1, 0.15) is 24.3 Å². The van der Waals surface area contributed by atoms with Crippen molar-refractivity contribution in [2.45, 2.75) is 31.2 Å². The summed E-state index contributed by atoms with van der Waals surface area (Å²) < 4.78 is 25.1. The van der Waals surface area contributed by atoms with Crippen LogP contribution in [0.25, 0.3) is 0 Å². The molecule has 1 aromatic carbocycles. The molecule has 0 unspecified atom stereocenters. The van der Waals surface area contributed by atoms with Crippen molar-refractivity contribution in [2.75, 3.05) is 6.54 Å². The molecule has 16 heavy (non-hydrogen) atoms. The first kappa shape index (κ1) is 12.0. The molecule has 2 rings (SSSR count). The lowest BCUT2D eigenvalue weighted by Gasteiger charge is -2.36. The molecule has 0 radical (unpaired) electrons. The van der Waals surface area contributed by atoms with Gasteiger partial charge < -0.3 is 5.32 Å². The molecule has 1 saturated carbocycles. The third-order valence-electron chi connectivity index (χ3n) is 3.04. The number of nitrogens with one attached hydrogen (secondary N) is 1. The fraction of sp³-hybridized carbons (Fsp3) is 0.500. The predicted octanol–water partition coefficient (Wildman–Crippen LogP) is 3.55. The van der Waals surface area contributed by atoms with E-state index >= 15 is 0 Å². The van der Waals surface area contributed by atoms with Crippen molar-refractivity contribution in [1.29, 1.82) is 0 Å². The van der Waals surface area contributed by atoms with Crippen LogP contribution >= 0.6 is 15.9 Å². The molecule has 1 N–H and O–H groups in total. The van der Waals surface area contributed by atoms with Gasteiger partial charge in [-0.1, -0.05) is 34.1 Å². The normalized spacial score (nSPS) is 24.5. The van der Waals surface area contributed by atoms with Crippen molar-refractivity contribution in [2.24, 2.45) is 0 Å². The summed E-state index contributed by atoms with van der Waals surface area (Å²) in [7, 11) is 0. The van der Waals surface area contributed by atoms with Gasteiger partial charge in [-0.3, -0.25) is 0 Å². The van der Waals surface area contributed by atoms with E-state index < -0.39 is 6.43 Å². The molecular formula is C12H14BrF2N. The van der Waals surface area contributed by atoms with Crippen LogP contribution in [-0.4, -0.2) is 19.0 Å². The number of hydrogen-bond acceptors (Lipinski definition) is 1. The summed E-state index contributed by atoms with van der Waals surface area (Å²) in [6.45, 7) is -0.187. The van der Waals surface area contributed by atoms with Crippen molar-refractivity contribution in [1.82, 2.24) is 5.32 Å². The Labute approximate surface area is 102 Å². The lowest BCUT2D eigenvalue weighted by molar-refractivity contribution is 0.131. The Morgan fingerprint density at radius 3 is 2.62 bits per heavy atom. The van der Waals surface area contributed by atoms with Crippen molar-refractivity contribution < 1.29 is 8.78 Å². The van der Waals surface area contributed by atoms with Crippen molar-refractivity contribution in [3.63, 3.8) is 0 Å². The van der Waals surface area contributed by atoms with Crippen LogP contribution in [0, 0.1) is 0 Å². The first-order valence-corrected chi connectivity index (χ1v) is 6.22. The minimum absolute atomic E-state index is 0.187. The quantitative estimate of drug-likeness (QED) is 0.894. The Hall–Kier alpha value is -0.480. The molecule has 0 spiro atoms. The van der Waals surface area contributed by atoms with Gasteiger partial charge in [-0.25, -0.2) is 8.78 Å². The van der Waals surface area contributed by atoms with Crippen LogP contribution in [0.15, 0.2) is 28.7 Å². The van der Waals surface area contributed by atoms with Crippen molar-refractivity contribution in [3.8, 4) is 0 Å². The number of benzene rings is 1. The zero-order valence-corrected chi connectivity index (χ0v) is 10.4. The largest absolute Gasteiger partial charge is 0.309 e. The van der Waals surface area contributed by atoms with Gasteiger partial charge in [0.25, 0.3) is 6.43 Å². The van der Waals surface area contributed by atoms with E-state index in [-0.39, 0.29) is 12.6 Å². The molecule has 1 aromatic rings. The zero-order valence-electron chi connectivity index (χ0n) is 8.80. The highest BCUT2D eigenvalue weighted by molar-refractivity contribution is 9.10. The Kier molecular flexibility index (Phi) is 3.92. The van der Waals surface area contributed by atoms with Gasteiger partial charge in [0.2, 0.25) is 0 Å². The van der Waals surface area contributed by atoms with Gasteiger partial charge in [0.1, 0.15) is 0 Å². The molecular weight excluding hydrogens is 276 g/mol. The van der Waals surface area contributed by atoms with E-state index in [0.29, 0.717) is 5.92 Å². The zero-order chi connectivity index (χ0) is 11.5. The highest BCUT2D eigenvalue weighted by Crippen LogP contribution is 2.39. The van der Waals surface area contributed by atoms with E-state index in [1.807, 2.05) is 18.2 Å². The third kappa shape index (κ3) is 2.80. The predicted molar refractivity (Wildman–Crippen MR) is 63.9 cm³/mol. The van der Waals surface area contributed by atoms with Gasteiger partial charge in [-0.15, -0.1) is 0 Å². The molecule has 1 aliphatic rings. The number of halogens is 3. The average Bonchev–Trinajstić information content (AvgIpc) is 2.17. The van der Waals surface area contributed by atoms with Crippen LogP contribution in [0.2, 0.25) is 0 Å². The van der Waals surface area contributed by atoms with Crippen LogP contribution in [0.4, 0.5) is 8.78 Å². The molecule has 88 valence electrons. The second-order valence-corrected chi connectivity index (χ2v) is 5.04. The summed E-state index contributed by atoms with van der Waals surface area (Å²) in [5.41, 5.74) is 1.29. The molecule has 0 aliphatic heterocycles. The summed E-state index contributed by atoms with van der Waals surface area (Å²) in [4.78, 5) is 0. The van der Waals surface area contributed by atoms with E-state index in [1.54, 1.807) is 0 Å². The second kappa shape index (κ2) is 5.23. The summed E-state index contributed by atoms with van der Waals surface area (Å²) in [6, 6.07) is 8.37. The highest BCUT2D eigenvalue weighted by atomic mass is 79.9. The Bertz CT molecular complexity index is 351. The smallest absolute Gasteiger partial charge is 0.250 e. The van der Waals surface area contributed by atoms with Gasteiger partial charge in [0, 0.05) is 10.5 Å². The van der Waals surface area contributed by atoms with Crippen LogP contribution in [-0.2, 0) is 0 Å². The monoisotopic (exact) mass is 289 g/mol. The fourth-order valence-corrected chi connectivity index (χ4v) is 2.71. The number of alkyl halides is 2. The highest BCUT2D eigenvalue weighted by Gasteiger charge is 2.31. The van der Waals surface area contributed by atoms with E-state index in [1.165, 1.54) is 5.56 Å². The molecule has 1 fully saturated rings. The molecule has 0 heterocycles. The standard InChI is InChI=1S/C12H14BrF2N/c13-11-4-2-1-3-10(11)8-5-9(6-8)16-7-12(14)15/h1-4,8-9,12,16H,5-7H2. The molecule has 0 amide bonds. The summed E-state index contributed by atoms with van der Waals surface area (Å²) in [6.07, 6.45) is -0.340. The Morgan fingerprint density at radius 1 is 1.31 bits per heavy atom. The minimum Gasteiger partial charge on any atom is -0.309 e. The van der Waals surface area contributed by atoms with Gasteiger partial charge in [0.15, 0.2) is 0 Å². The van der Waals surface area contributed by atoms with Crippen LogP contribution in [0.5, 0.6) is 0 Å². The average molecular weight is 290 g/mol. The van der Waals surface area contributed by atoms with Gasteiger partial charge in [0.05, 0.1) is 6.54 Å². The first-order chi connectivity index (χ1) is 7.66. The van der Waals surface area contributed by atoms with Gasteiger partial charge in [-0.05, 0) is 30.4 Å². The van der Waals surface area contributed by atoms with Crippen LogP contribution in [0.3, 0.4) is 0 Å². The fourth-order valence-electron chi connectivity index (χ4n) is 2.10. The van der Waals surface area contributed by atoms with E-state index in [2.05, 4.69) is 27.3 Å². The number of hydrogen-bond donors (Lipinski definition) is 1. The molecule has 0 bridgehead atoms. The summed E-state index contributed by atoms with van der Waals surface area (Å²) in [5.74, 6) is 0.505. The van der Waals surface area contributed by atoms with E-state index in [4.69, 9.17) is 0 Å². The molecule has 1 nitrogen and oxygen atoms in total. The maximum Gasteiger partial charge on any atom is 0.250 e. The van der Waals surface area contributed by atoms with E-state index in [9.17, 15) is 8.78 Å². The maximum absolute atomic E-state index is 12.0. The van der Waals surface area contributed by atoms with Crippen molar-refractivity contribution in [3.05, 3.63) is 34.3 Å². The van der Waals surface area contributed by atoms with Gasteiger partial charge in [-0.2, -0.15) is 0 Å². The molecule has 1 aliphatic carbocycles. The molecule has 0 saturated heterocycles. The van der Waals surface area contributed by atoms with Gasteiger partial charge >= 0.3 is 0 Å². The molecule has 4 heteroatoms. The van der Waals surface area contributed by atoms with Crippen LogP contribution < -0.4 is 5.32 Å². The Morgan fingerprint density at radius 2 is 2.00 bits per heavy atom. The number of rotatable bonds is 4.